The maximum absolute atomic E-state index is 6.00. The second-order valence-corrected chi connectivity index (χ2v) is 4.76. The molecule has 88 valence electrons. The van der Waals surface area contributed by atoms with Gasteiger partial charge in [0.05, 0.1) is 16.4 Å². The van der Waals surface area contributed by atoms with Crippen molar-refractivity contribution in [2.75, 3.05) is 0 Å². The van der Waals surface area contributed by atoms with Gasteiger partial charge in [-0.2, -0.15) is 4.98 Å². The summed E-state index contributed by atoms with van der Waals surface area (Å²) in [5.41, 5.74) is 1.55. The largest absolute Gasteiger partial charge is 0.422 e. The maximum Gasteiger partial charge on any atom is 0.341 e. The summed E-state index contributed by atoms with van der Waals surface area (Å²) in [6, 6.07) is 5.50. The number of ether oxygens (including phenoxy) is 1. The van der Waals surface area contributed by atoms with E-state index < -0.39 is 0 Å². The Labute approximate surface area is 112 Å². The molecule has 1 heterocycles. The molecule has 0 amide bonds. The van der Waals surface area contributed by atoms with E-state index in [4.69, 9.17) is 16.3 Å². The lowest BCUT2D eigenvalue weighted by Crippen LogP contribution is -1.99. The van der Waals surface area contributed by atoms with Crippen molar-refractivity contribution in [3.8, 4) is 11.8 Å². The molecule has 0 saturated carbocycles. The molecule has 0 spiro atoms. The lowest BCUT2D eigenvalue weighted by molar-refractivity contribution is 0.430. The van der Waals surface area contributed by atoms with E-state index in [9.17, 15) is 0 Å². The smallest absolute Gasteiger partial charge is 0.341 e. The Kier molecular flexibility index (Phi) is 3.59. The van der Waals surface area contributed by atoms with E-state index in [1.807, 2.05) is 19.9 Å². The van der Waals surface area contributed by atoms with Crippen molar-refractivity contribution in [1.82, 2.24) is 15.2 Å². The van der Waals surface area contributed by atoms with Crippen LogP contribution in [-0.2, 0) is 0 Å². The maximum atomic E-state index is 6.00. The average molecular weight is 315 g/mol. The first-order valence-electron chi connectivity index (χ1n) is 4.87. The number of nitrogens with zero attached hydrogens (tertiary/aromatic N) is 3. The molecule has 2 rings (SSSR count). The van der Waals surface area contributed by atoms with E-state index in [1.54, 1.807) is 12.1 Å². The Morgan fingerprint density at radius 1 is 1.18 bits per heavy atom. The van der Waals surface area contributed by atoms with Gasteiger partial charge in [0, 0.05) is 4.47 Å². The lowest BCUT2D eigenvalue weighted by atomic mass is 10.3. The van der Waals surface area contributed by atoms with Crippen molar-refractivity contribution >= 4 is 27.5 Å². The first-order chi connectivity index (χ1) is 8.06. The van der Waals surface area contributed by atoms with Gasteiger partial charge in [0.1, 0.15) is 0 Å². The van der Waals surface area contributed by atoms with Crippen molar-refractivity contribution in [2.24, 2.45) is 0 Å². The van der Waals surface area contributed by atoms with Gasteiger partial charge in [-0.25, -0.2) is 0 Å². The van der Waals surface area contributed by atoms with E-state index >= 15 is 0 Å². The molecule has 1 aromatic carbocycles. The normalized spacial score (nSPS) is 10.4. The molecule has 0 unspecified atom stereocenters. The van der Waals surface area contributed by atoms with Crippen LogP contribution in [0.2, 0.25) is 5.02 Å². The molecule has 17 heavy (non-hydrogen) atoms. The van der Waals surface area contributed by atoms with E-state index in [1.165, 1.54) is 0 Å². The Morgan fingerprint density at radius 2 is 1.94 bits per heavy atom. The summed E-state index contributed by atoms with van der Waals surface area (Å²) in [6.07, 6.45) is 0. The number of hydrogen-bond acceptors (Lipinski definition) is 4. The molecule has 0 bridgehead atoms. The van der Waals surface area contributed by atoms with Crippen LogP contribution in [0.25, 0.3) is 0 Å². The van der Waals surface area contributed by atoms with Gasteiger partial charge in [-0.3, -0.25) is 0 Å². The molecule has 0 N–H and O–H groups in total. The number of halogens is 2. The Bertz CT molecular complexity index is 562. The fourth-order valence-electron chi connectivity index (χ4n) is 1.13. The topological polar surface area (TPSA) is 47.9 Å². The Hall–Kier alpha value is -1.20. The SMILES string of the molecule is Cc1nnc(Oc2cc(Br)ccc2Cl)nc1C. The van der Waals surface area contributed by atoms with Gasteiger partial charge in [0.2, 0.25) is 0 Å². The van der Waals surface area contributed by atoms with Crippen LogP contribution >= 0.6 is 27.5 Å². The second kappa shape index (κ2) is 4.98. The van der Waals surface area contributed by atoms with E-state index in [0.717, 1.165) is 15.9 Å². The zero-order chi connectivity index (χ0) is 12.4. The average Bonchev–Trinajstić information content (AvgIpc) is 2.29. The zero-order valence-electron chi connectivity index (χ0n) is 9.24. The third-order valence-electron chi connectivity index (χ3n) is 2.17. The van der Waals surface area contributed by atoms with Crippen molar-refractivity contribution < 1.29 is 4.74 Å². The van der Waals surface area contributed by atoms with Gasteiger partial charge in [0.15, 0.2) is 5.75 Å². The summed E-state index contributed by atoms with van der Waals surface area (Å²) in [5, 5.41) is 8.28. The standard InChI is InChI=1S/C11H9BrClN3O/c1-6-7(2)15-16-11(14-6)17-10-5-8(12)3-4-9(10)13/h3-5H,1-2H3. The van der Waals surface area contributed by atoms with Gasteiger partial charge in [-0.05, 0) is 32.0 Å². The highest BCUT2D eigenvalue weighted by molar-refractivity contribution is 9.10. The van der Waals surface area contributed by atoms with Crippen LogP contribution in [0, 0.1) is 13.8 Å². The minimum atomic E-state index is 0.188. The highest BCUT2D eigenvalue weighted by Crippen LogP contribution is 2.30. The van der Waals surface area contributed by atoms with Crippen LogP contribution < -0.4 is 4.74 Å². The summed E-state index contributed by atoms with van der Waals surface area (Å²) < 4.78 is 6.35. The van der Waals surface area contributed by atoms with Gasteiger partial charge in [-0.1, -0.05) is 32.6 Å². The minimum Gasteiger partial charge on any atom is -0.422 e. The molecule has 1 aromatic heterocycles. The van der Waals surface area contributed by atoms with Gasteiger partial charge >= 0.3 is 6.01 Å². The van der Waals surface area contributed by atoms with E-state index in [2.05, 4.69) is 31.1 Å². The third-order valence-corrected chi connectivity index (χ3v) is 2.97. The monoisotopic (exact) mass is 313 g/mol. The highest BCUT2D eigenvalue weighted by Gasteiger charge is 2.07. The first-order valence-corrected chi connectivity index (χ1v) is 6.04. The van der Waals surface area contributed by atoms with Crippen LogP contribution in [0.4, 0.5) is 0 Å². The van der Waals surface area contributed by atoms with Crippen LogP contribution in [0.5, 0.6) is 11.8 Å². The lowest BCUT2D eigenvalue weighted by Gasteiger charge is -2.06. The van der Waals surface area contributed by atoms with Crippen molar-refractivity contribution in [3.05, 3.63) is 39.1 Å². The number of rotatable bonds is 2. The quantitative estimate of drug-likeness (QED) is 0.848. The zero-order valence-corrected chi connectivity index (χ0v) is 11.6. The third kappa shape index (κ3) is 2.92. The molecular formula is C11H9BrClN3O. The highest BCUT2D eigenvalue weighted by atomic mass is 79.9. The molecule has 0 aliphatic carbocycles. The molecule has 0 saturated heterocycles. The number of benzene rings is 1. The van der Waals surface area contributed by atoms with Crippen LogP contribution in [0.1, 0.15) is 11.4 Å². The van der Waals surface area contributed by atoms with Crippen LogP contribution in [-0.4, -0.2) is 15.2 Å². The van der Waals surface area contributed by atoms with Crippen molar-refractivity contribution in [3.63, 3.8) is 0 Å². The molecule has 0 fully saturated rings. The molecule has 0 aliphatic heterocycles. The Morgan fingerprint density at radius 3 is 2.65 bits per heavy atom. The minimum absolute atomic E-state index is 0.188. The molecule has 0 radical (unpaired) electrons. The summed E-state index contributed by atoms with van der Waals surface area (Å²) in [4.78, 5) is 4.17. The number of aromatic nitrogens is 3. The van der Waals surface area contributed by atoms with E-state index in [0.29, 0.717) is 10.8 Å². The van der Waals surface area contributed by atoms with Gasteiger partial charge in [0.25, 0.3) is 0 Å². The fraction of sp³-hybridized carbons (Fsp3) is 0.182. The summed E-state index contributed by atoms with van der Waals surface area (Å²) >= 11 is 9.34. The molecule has 0 atom stereocenters. The number of hydrogen-bond donors (Lipinski definition) is 0. The Balaban J connectivity index is 2.31. The predicted octanol–water partition coefficient (Wildman–Crippen LogP) is 3.70. The molecule has 4 nitrogen and oxygen atoms in total. The van der Waals surface area contributed by atoms with Crippen LogP contribution in [0.15, 0.2) is 22.7 Å². The molecule has 2 aromatic rings. The fourth-order valence-corrected chi connectivity index (χ4v) is 1.63. The first kappa shape index (κ1) is 12.3. The van der Waals surface area contributed by atoms with Crippen molar-refractivity contribution in [1.29, 1.82) is 0 Å². The predicted molar refractivity (Wildman–Crippen MR) is 68.5 cm³/mol. The van der Waals surface area contributed by atoms with Gasteiger partial charge < -0.3 is 4.74 Å². The molecule has 6 heteroatoms. The summed E-state index contributed by atoms with van der Waals surface area (Å²) in [6.45, 7) is 3.69. The molecule has 0 aliphatic rings. The van der Waals surface area contributed by atoms with Crippen LogP contribution in [0.3, 0.4) is 0 Å². The van der Waals surface area contributed by atoms with E-state index in [-0.39, 0.29) is 6.01 Å². The summed E-state index contributed by atoms with van der Waals surface area (Å²) in [5.74, 6) is 0.492. The summed E-state index contributed by atoms with van der Waals surface area (Å²) in [7, 11) is 0. The number of aryl methyl sites for hydroxylation is 2. The second-order valence-electron chi connectivity index (χ2n) is 3.44. The molecular weight excluding hydrogens is 305 g/mol. The van der Waals surface area contributed by atoms with Crippen molar-refractivity contribution in [2.45, 2.75) is 13.8 Å². The van der Waals surface area contributed by atoms with Gasteiger partial charge in [-0.15, -0.1) is 5.10 Å².